The molecule has 0 aliphatic rings. The zero-order valence-electron chi connectivity index (χ0n) is 14.1. The molecule has 0 fully saturated rings. The Morgan fingerprint density at radius 2 is 2.05 bits per heavy atom. The number of amides is 1. The summed E-state index contributed by atoms with van der Waals surface area (Å²) in [5, 5.41) is 2.89. The van der Waals surface area contributed by atoms with E-state index in [1.807, 2.05) is 20.8 Å². The van der Waals surface area contributed by atoms with Gasteiger partial charge in [-0.3, -0.25) is 4.79 Å². The molecule has 0 spiro atoms. The molecule has 0 saturated carbocycles. The van der Waals surface area contributed by atoms with E-state index in [9.17, 15) is 4.79 Å². The number of anilines is 1. The summed E-state index contributed by atoms with van der Waals surface area (Å²) in [4.78, 5) is 16.7. The Balaban J connectivity index is 2.72. The van der Waals surface area contributed by atoms with Crippen LogP contribution < -0.4 is 10.1 Å². The quantitative estimate of drug-likeness (QED) is 0.714. The van der Waals surface area contributed by atoms with Gasteiger partial charge in [-0.05, 0) is 32.8 Å². The third-order valence-electron chi connectivity index (χ3n) is 3.40. The van der Waals surface area contributed by atoms with Gasteiger partial charge in [0.05, 0.1) is 18.5 Å². The number of ether oxygens (including phenoxy) is 2. The summed E-state index contributed by atoms with van der Waals surface area (Å²) in [5.41, 5.74) is -0.152. The zero-order valence-corrected chi connectivity index (χ0v) is 14.1. The second kappa shape index (κ2) is 9.41. The van der Waals surface area contributed by atoms with Gasteiger partial charge in [-0.1, -0.05) is 26.7 Å². The number of pyridine rings is 1. The maximum absolute atomic E-state index is 12.6. The van der Waals surface area contributed by atoms with Gasteiger partial charge < -0.3 is 14.8 Å². The predicted octanol–water partition coefficient (Wildman–Crippen LogP) is 3.79. The average Bonchev–Trinajstić information content (AvgIpc) is 2.53. The third kappa shape index (κ3) is 5.64. The Morgan fingerprint density at radius 3 is 2.59 bits per heavy atom. The van der Waals surface area contributed by atoms with Gasteiger partial charge in [0.15, 0.2) is 0 Å². The second-order valence-corrected chi connectivity index (χ2v) is 5.46. The molecule has 1 heterocycles. The first-order chi connectivity index (χ1) is 10.6. The minimum absolute atomic E-state index is 0.125. The summed E-state index contributed by atoms with van der Waals surface area (Å²) in [6.07, 6.45) is 5.18. The van der Waals surface area contributed by atoms with Crippen molar-refractivity contribution in [2.75, 3.05) is 18.5 Å². The van der Waals surface area contributed by atoms with Crippen molar-refractivity contribution in [1.29, 1.82) is 0 Å². The molecule has 22 heavy (non-hydrogen) atoms. The van der Waals surface area contributed by atoms with Gasteiger partial charge >= 0.3 is 0 Å². The van der Waals surface area contributed by atoms with Crippen molar-refractivity contribution in [3.8, 4) is 5.88 Å². The summed E-state index contributed by atoms with van der Waals surface area (Å²) >= 11 is 0. The van der Waals surface area contributed by atoms with E-state index in [4.69, 9.17) is 9.47 Å². The van der Waals surface area contributed by atoms with Crippen LogP contribution in [0.3, 0.4) is 0 Å². The second-order valence-electron chi connectivity index (χ2n) is 5.46. The highest BCUT2D eigenvalue weighted by molar-refractivity contribution is 5.96. The number of carbonyl (C=O) groups excluding carboxylic acids is 1. The molecule has 0 aliphatic carbocycles. The Morgan fingerprint density at radius 1 is 1.27 bits per heavy atom. The van der Waals surface area contributed by atoms with Crippen LogP contribution in [0.25, 0.3) is 0 Å². The summed E-state index contributed by atoms with van der Waals surface area (Å²) in [6, 6.07) is 3.53. The van der Waals surface area contributed by atoms with Gasteiger partial charge in [0.1, 0.15) is 5.60 Å². The molecule has 1 N–H and O–H groups in total. The van der Waals surface area contributed by atoms with Crippen molar-refractivity contribution in [3.63, 3.8) is 0 Å². The Labute approximate surface area is 133 Å². The Hall–Kier alpha value is -1.62. The van der Waals surface area contributed by atoms with Crippen LogP contribution in [0.15, 0.2) is 18.3 Å². The number of hydrogen-bond donors (Lipinski definition) is 1. The first-order valence-corrected chi connectivity index (χ1v) is 8.10. The van der Waals surface area contributed by atoms with Crippen molar-refractivity contribution in [2.45, 2.75) is 59.0 Å². The molecule has 1 rings (SSSR count). The van der Waals surface area contributed by atoms with Gasteiger partial charge in [0.25, 0.3) is 5.91 Å². The highest BCUT2D eigenvalue weighted by atomic mass is 16.5. The molecule has 124 valence electrons. The van der Waals surface area contributed by atoms with E-state index < -0.39 is 5.60 Å². The number of nitrogens with zero attached hydrogens (tertiary/aromatic N) is 1. The van der Waals surface area contributed by atoms with Crippen molar-refractivity contribution in [3.05, 3.63) is 18.3 Å². The van der Waals surface area contributed by atoms with E-state index >= 15 is 0 Å². The molecule has 0 saturated heterocycles. The first kappa shape index (κ1) is 18.4. The summed E-state index contributed by atoms with van der Waals surface area (Å²) < 4.78 is 11.1. The highest BCUT2D eigenvalue weighted by Crippen LogP contribution is 2.22. The lowest BCUT2D eigenvalue weighted by Crippen LogP contribution is -2.43. The maximum Gasteiger partial charge on any atom is 0.256 e. The Kier molecular flexibility index (Phi) is 7.88. The van der Waals surface area contributed by atoms with E-state index in [0.717, 1.165) is 19.3 Å². The summed E-state index contributed by atoms with van der Waals surface area (Å²) in [5.74, 6) is 0.428. The van der Waals surface area contributed by atoms with Crippen molar-refractivity contribution >= 4 is 11.6 Å². The monoisotopic (exact) mass is 308 g/mol. The van der Waals surface area contributed by atoms with E-state index in [1.54, 1.807) is 18.3 Å². The van der Waals surface area contributed by atoms with Crippen molar-refractivity contribution in [1.82, 2.24) is 4.98 Å². The van der Waals surface area contributed by atoms with Gasteiger partial charge in [0.2, 0.25) is 5.88 Å². The van der Waals surface area contributed by atoms with Crippen LogP contribution in [0, 0.1) is 0 Å². The third-order valence-corrected chi connectivity index (χ3v) is 3.40. The largest absolute Gasteiger partial charge is 0.478 e. The molecule has 0 aromatic carbocycles. The van der Waals surface area contributed by atoms with Crippen LogP contribution in [-0.2, 0) is 9.53 Å². The summed E-state index contributed by atoms with van der Waals surface area (Å²) in [6.45, 7) is 9.05. The van der Waals surface area contributed by atoms with E-state index in [2.05, 4.69) is 17.2 Å². The molecule has 1 aromatic rings. The number of rotatable bonds is 10. The smallest absolute Gasteiger partial charge is 0.256 e. The molecule has 0 aliphatic heterocycles. The molecule has 1 atom stereocenters. The van der Waals surface area contributed by atoms with Crippen molar-refractivity contribution in [2.24, 2.45) is 0 Å². The van der Waals surface area contributed by atoms with E-state index in [0.29, 0.717) is 31.2 Å². The van der Waals surface area contributed by atoms with Gasteiger partial charge in [-0.2, -0.15) is 0 Å². The van der Waals surface area contributed by atoms with Crippen LogP contribution in [0.2, 0.25) is 0 Å². The number of unbranched alkanes of at least 4 members (excludes halogenated alkanes) is 1. The predicted molar refractivity (Wildman–Crippen MR) is 88.2 cm³/mol. The number of hydrogen-bond acceptors (Lipinski definition) is 4. The van der Waals surface area contributed by atoms with Gasteiger partial charge in [-0.25, -0.2) is 4.98 Å². The lowest BCUT2D eigenvalue weighted by Gasteiger charge is -2.28. The molecular formula is C17H28N2O3. The first-order valence-electron chi connectivity index (χ1n) is 8.10. The maximum atomic E-state index is 12.6. The van der Waals surface area contributed by atoms with E-state index in [1.165, 1.54) is 0 Å². The fraction of sp³-hybridized carbons (Fsp3) is 0.647. The van der Waals surface area contributed by atoms with Crippen LogP contribution >= 0.6 is 0 Å². The Bertz CT molecular complexity index is 438. The molecule has 5 nitrogen and oxygen atoms in total. The normalized spacial score (nSPS) is 13.5. The lowest BCUT2D eigenvalue weighted by atomic mass is 9.97. The number of nitrogens with one attached hydrogen (secondary N) is 1. The fourth-order valence-corrected chi connectivity index (χ4v) is 2.04. The molecule has 0 radical (unpaired) electrons. The minimum atomic E-state index is -0.801. The standard InChI is InChI=1S/C17H28N2O3/c1-5-8-11-17(4,22-12-6-2)16(20)19-14-9-10-15(18-13-14)21-7-3/h9-10,13H,5-8,11-12H2,1-4H3,(H,19,20). The highest BCUT2D eigenvalue weighted by Gasteiger charge is 2.33. The SMILES string of the molecule is CCCCC(C)(OCCC)C(=O)Nc1ccc(OCC)nc1. The molecule has 1 amide bonds. The van der Waals surface area contributed by atoms with E-state index in [-0.39, 0.29) is 5.91 Å². The lowest BCUT2D eigenvalue weighted by molar-refractivity contribution is -0.140. The topological polar surface area (TPSA) is 60.5 Å². The molecule has 5 heteroatoms. The molecule has 0 bridgehead atoms. The van der Waals surface area contributed by atoms with Crippen molar-refractivity contribution < 1.29 is 14.3 Å². The molecule has 1 aromatic heterocycles. The number of aromatic nitrogens is 1. The number of carbonyl (C=O) groups is 1. The van der Waals surface area contributed by atoms with Crippen LogP contribution in [-0.4, -0.2) is 29.7 Å². The van der Waals surface area contributed by atoms with Crippen LogP contribution in [0.4, 0.5) is 5.69 Å². The minimum Gasteiger partial charge on any atom is -0.478 e. The van der Waals surface area contributed by atoms with Crippen LogP contribution in [0.5, 0.6) is 5.88 Å². The zero-order chi connectivity index (χ0) is 16.4. The van der Waals surface area contributed by atoms with Gasteiger partial charge in [-0.15, -0.1) is 0 Å². The summed E-state index contributed by atoms with van der Waals surface area (Å²) in [7, 11) is 0. The average molecular weight is 308 g/mol. The molecular weight excluding hydrogens is 280 g/mol. The van der Waals surface area contributed by atoms with Gasteiger partial charge in [0, 0.05) is 12.7 Å². The fourth-order valence-electron chi connectivity index (χ4n) is 2.04. The molecule has 1 unspecified atom stereocenters. The van der Waals surface area contributed by atoms with Crippen LogP contribution in [0.1, 0.15) is 53.4 Å².